The number of amides is 1. The molecule has 0 radical (unpaired) electrons. The third-order valence-electron chi connectivity index (χ3n) is 4.81. The van der Waals surface area contributed by atoms with Gasteiger partial charge in [-0.1, -0.05) is 45.9 Å². The topological polar surface area (TPSA) is 58.1 Å². The lowest BCUT2D eigenvalue weighted by molar-refractivity contribution is -0.120. The van der Waals surface area contributed by atoms with Crippen LogP contribution in [0.5, 0.6) is 0 Å². The smallest absolute Gasteiger partial charge is 0.229 e. The maximum absolute atomic E-state index is 12.8. The fourth-order valence-corrected chi connectivity index (χ4v) is 4.54. The van der Waals surface area contributed by atoms with Crippen LogP contribution in [0, 0.1) is 5.92 Å². The van der Waals surface area contributed by atoms with E-state index in [1.807, 2.05) is 42.5 Å². The number of rotatable bonds is 5. The van der Waals surface area contributed by atoms with Crippen molar-refractivity contribution in [2.24, 2.45) is 5.92 Å². The number of carbonyl (C=O) groups is 1. The highest BCUT2D eigenvalue weighted by Gasteiger charge is 2.28. The first-order valence-electron chi connectivity index (χ1n) is 9.54. The van der Waals surface area contributed by atoms with Crippen molar-refractivity contribution in [1.29, 1.82) is 0 Å². The van der Waals surface area contributed by atoms with Gasteiger partial charge in [-0.3, -0.25) is 4.79 Å². The fourth-order valence-electron chi connectivity index (χ4n) is 3.37. The summed E-state index contributed by atoms with van der Waals surface area (Å²) < 4.78 is 0.991. The van der Waals surface area contributed by atoms with Crippen molar-refractivity contribution in [1.82, 2.24) is 9.97 Å². The molecule has 1 aromatic heterocycles. The summed E-state index contributed by atoms with van der Waals surface area (Å²) in [6.07, 6.45) is 5.26. The van der Waals surface area contributed by atoms with Crippen LogP contribution in [0.25, 0.3) is 0 Å². The minimum Gasteiger partial charge on any atom is -0.354 e. The van der Waals surface area contributed by atoms with Crippen LogP contribution in [-0.4, -0.2) is 29.0 Å². The molecule has 0 bridgehead atoms. The van der Waals surface area contributed by atoms with Crippen molar-refractivity contribution >= 4 is 45.1 Å². The molecule has 7 heteroatoms. The highest BCUT2D eigenvalue weighted by molar-refractivity contribution is 9.10. The number of benzene rings is 2. The number of nitrogens with zero attached hydrogens (tertiary/aromatic N) is 3. The Hall–Kier alpha value is -2.38. The van der Waals surface area contributed by atoms with Gasteiger partial charge in [0.2, 0.25) is 5.91 Å². The standard InChI is InChI=1S/C22H21BrN4OS/c23-17-8-10-18(11-9-17)26-21(28)16-5-4-14-27(15-16)20-22(25-13-12-24-20)29-19-6-2-1-3-7-19/h1-3,6-13,16H,4-5,14-15H2,(H,26,28)/t16-/m1/s1. The molecule has 0 unspecified atom stereocenters. The molecule has 1 N–H and O–H groups in total. The average molecular weight is 469 g/mol. The Balaban J connectivity index is 1.47. The average Bonchev–Trinajstić information content (AvgIpc) is 2.76. The van der Waals surface area contributed by atoms with Crippen LogP contribution >= 0.6 is 27.7 Å². The van der Waals surface area contributed by atoms with Crippen LogP contribution < -0.4 is 10.2 Å². The molecule has 0 spiro atoms. The molecular weight excluding hydrogens is 448 g/mol. The minimum atomic E-state index is -0.0796. The molecule has 5 nitrogen and oxygen atoms in total. The number of halogens is 1. The molecule has 1 amide bonds. The summed E-state index contributed by atoms with van der Waals surface area (Å²) in [5, 5.41) is 3.91. The van der Waals surface area contributed by atoms with E-state index in [1.54, 1.807) is 24.2 Å². The number of hydrogen-bond donors (Lipinski definition) is 1. The molecule has 1 aliphatic rings. The zero-order chi connectivity index (χ0) is 20.1. The minimum absolute atomic E-state index is 0.0539. The summed E-state index contributed by atoms with van der Waals surface area (Å²) in [7, 11) is 0. The number of aromatic nitrogens is 2. The van der Waals surface area contributed by atoms with Gasteiger partial charge in [0, 0.05) is 40.5 Å². The Morgan fingerprint density at radius 1 is 1.07 bits per heavy atom. The largest absolute Gasteiger partial charge is 0.354 e. The lowest BCUT2D eigenvalue weighted by atomic mass is 9.97. The zero-order valence-corrected chi connectivity index (χ0v) is 18.2. The van der Waals surface area contributed by atoms with Crippen LogP contribution in [0.2, 0.25) is 0 Å². The van der Waals surface area contributed by atoms with Gasteiger partial charge in [-0.25, -0.2) is 9.97 Å². The van der Waals surface area contributed by atoms with E-state index in [2.05, 4.69) is 48.2 Å². The highest BCUT2D eigenvalue weighted by Crippen LogP contribution is 2.34. The molecule has 4 rings (SSSR count). The summed E-state index contributed by atoms with van der Waals surface area (Å²) in [6, 6.07) is 17.8. The van der Waals surface area contributed by atoms with Crippen molar-refractivity contribution in [2.45, 2.75) is 22.8 Å². The van der Waals surface area contributed by atoms with Crippen molar-refractivity contribution in [3.8, 4) is 0 Å². The zero-order valence-electron chi connectivity index (χ0n) is 15.8. The molecule has 1 atom stereocenters. The summed E-state index contributed by atoms with van der Waals surface area (Å²) in [5.41, 5.74) is 0.815. The van der Waals surface area contributed by atoms with E-state index in [0.29, 0.717) is 6.54 Å². The van der Waals surface area contributed by atoms with E-state index in [1.165, 1.54) is 0 Å². The highest BCUT2D eigenvalue weighted by atomic mass is 79.9. The second kappa shape index (κ2) is 9.41. The molecule has 29 heavy (non-hydrogen) atoms. The second-order valence-electron chi connectivity index (χ2n) is 6.88. The predicted molar refractivity (Wildman–Crippen MR) is 120 cm³/mol. The Kier molecular flexibility index (Phi) is 6.46. The van der Waals surface area contributed by atoms with Gasteiger partial charge in [0.1, 0.15) is 5.03 Å². The van der Waals surface area contributed by atoms with Gasteiger partial charge in [-0.15, -0.1) is 0 Å². The van der Waals surface area contributed by atoms with E-state index >= 15 is 0 Å². The molecule has 0 aliphatic carbocycles. The van der Waals surface area contributed by atoms with Crippen LogP contribution in [0.1, 0.15) is 12.8 Å². The fraction of sp³-hybridized carbons (Fsp3) is 0.227. The SMILES string of the molecule is O=C(Nc1ccc(Br)cc1)[C@@H]1CCCN(c2nccnc2Sc2ccccc2)C1. The summed E-state index contributed by atoms with van der Waals surface area (Å²) in [6.45, 7) is 1.52. The maximum Gasteiger partial charge on any atom is 0.229 e. The molecule has 2 aromatic carbocycles. The molecule has 0 saturated carbocycles. The molecule has 1 fully saturated rings. The summed E-state index contributed by atoms with van der Waals surface area (Å²) >= 11 is 5.02. The van der Waals surface area contributed by atoms with Crippen molar-refractivity contribution in [2.75, 3.05) is 23.3 Å². The molecule has 1 saturated heterocycles. The quantitative estimate of drug-likeness (QED) is 0.554. The van der Waals surface area contributed by atoms with Crippen LogP contribution in [-0.2, 0) is 4.79 Å². The summed E-state index contributed by atoms with van der Waals surface area (Å²) in [4.78, 5) is 25.3. The Morgan fingerprint density at radius 3 is 2.62 bits per heavy atom. The lowest BCUT2D eigenvalue weighted by Crippen LogP contribution is -2.41. The second-order valence-corrected chi connectivity index (χ2v) is 8.86. The van der Waals surface area contributed by atoms with Gasteiger partial charge >= 0.3 is 0 Å². The van der Waals surface area contributed by atoms with E-state index in [0.717, 1.165) is 45.3 Å². The van der Waals surface area contributed by atoms with Gasteiger partial charge in [0.05, 0.1) is 5.92 Å². The van der Waals surface area contributed by atoms with Gasteiger partial charge < -0.3 is 10.2 Å². The van der Waals surface area contributed by atoms with Gasteiger partial charge in [0.15, 0.2) is 5.82 Å². The Bertz CT molecular complexity index is 968. The number of hydrogen-bond acceptors (Lipinski definition) is 5. The monoisotopic (exact) mass is 468 g/mol. The van der Waals surface area contributed by atoms with Gasteiger partial charge in [0.25, 0.3) is 0 Å². The molecule has 1 aliphatic heterocycles. The van der Waals surface area contributed by atoms with Gasteiger partial charge in [-0.2, -0.15) is 0 Å². The van der Waals surface area contributed by atoms with Crippen LogP contribution in [0.15, 0.2) is 81.4 Å². The van der Waals surface area contributed by atoms with Crippen molar-refractivity contribution in [3.05, 3.63) is 71.5 Å². The van der Waals surface area contributed by atoms with E-state index in [9.17, 15) is 4.79 Å². The third-order valence-corrected chi connectivity index (χ3v) is 6.33. The number of anilines is 2. The molecule has 2 heterocycles. The first-order chi connectivity index (χ1) is 14.2. The maximum atomic E-state index is 12.8. The molecular formula is C22H21BrN4OS. The predicted octanol–water partition coefficient (Wildman–Crippen LogP) is 5.25. The lowest BCUT2D eigenvalue weighted by Gasteiger charge is -2.33. The first-order valence-corrected chi connectivity index (χ1v) is 11.2. The number of piperidine rings is 1. The van der Waals surface area contributed by atoms with Crippen LogP contribution in [0.3, 0.4) is 0 Å². The Labute approximate surface area is 183 Å². The number of nitrogens with one attached hydrogen (secondary N) is 1. The third kappa shape index (κ3) is 5.16. The van der Waals surface area contributed by atoms with E-state index in [4.69, 9.17) is 0 Å². The normalized spacial score (nSPS) is 16.4. The summed E-state index contributed by atoms with van der Waals surface area (Å²) in [5.74, 6) is 0.824. The number of carbonyl (C=O) groups excluding carboxylic acids is 1. The first kappa shape index (κ1) is 19.9. The van der Waals surface area contributed by atoms with Crippen LogP contribution in [0.4, 0.5) is 11.5 Å². The van der Waals surface area contributed by atoms with Gasteiger partial charge in [-0.05, 0) is 49.2 Å². The van der Waals surface area contributed by atoms with E-state index in [-0.39, 0.29) is 11.8 Å². The van der Waals surface area contributed by atoms with Crippen molar-refractivity contribution < 1.29 is 4.79 Å². The molecule has 148 valence electrons. The van der Waals surface area contributed by atoms with Crippen molar-refractivity contribution in [3.63, 3.8) is 0 Å². The molecule has 3 aromatic rings. The van der Waals surface area contributed by atoms with E-state index < -0.39 is 0 Å². The Morgan fingerprint density at radius 2 is 1.83 bits per heavy atom.